The number of carbonyl (C=O) groups is 1. The fourth-order valence-electron chi connectivity index (χ4n) is 5.94. The summed E-state index contributed by atoms with van der Waals surface area (Å²) in [6.07, 6.45) is 9.58. The van der Waals surface area contributed by atoms with Crippen LogP contribution in [0.2, 0.25) is 0 Å². The lowest BCUT2D eigenvalue weighted by atomic mass is 9.79. The Balaban J connectivity index is 1.24. The molecule has 1 aromatic carbocycles. The third kappa shape index (κ3) is 4.71. The minimum absolute atomic E-state index is 0.0708. The Kier molecular flexibility index (Phi) is 6.63. The van der Waals surface area contributed by atoms with Crippen LogP contribution in [0.3, 0.4) is 0 Å². The average Bonchev–Trinajstić information content (AvgIpc) is 2.89. The standard InChI is InChI=1S/C28H37N3O3/c1-2-24-20-31(25-8-4-7-17-29-25)21-27(34-24)15-18-30(19-16-27)26(32)22-9-11-23(12-10-22)28(33)13-5-3-6-14-28/h4,7-12,17,24,33H,2-3,5-6,13-16,18-21H2,1H3. The molecule has 182 valence electrons. The maximum Gasteiger partial charge on any atom is 0.253 e. The van der Waals surface area contributed by atoms with E-state index in [9.17, 15) is 9.90 Å². The van der Waals surface area contributed by atoms with Crippen molar-refractivity contribution in [2.24, 2.45) is 0 Å². The Labute approximate surface area is 202 Å². The van der Waals surface area contributed by atoms with Gasteiger partial charge in [-0.15, -0.1) is 0 Å². The van der Waals surface area contributed by atoms with Gasteiger partial charge in [-0.05, 0) is 61.9 Å². The number of aromatic nitrogens is 1. The highest BCUT2D eigenvalue weighted by molar-refractivity contribution is 5.94. The lowest BCUT2D eigenvalue weighted by Crippen LogP contribution is -2.60. The number of rotatable bonds is 4. The molecular formula is C28H37N3O3. The van der Waals surface area contributed by atoms with Gasteiger partial charge in [-0.1, -0.05) is 44.4 Å². The van der Waals surface area contributed by atoms with Gasteiger partial charge in [0, 0.05) is 37.9 Å². The second kappa shape index (κ2) is 9.67. The smallest absolute Gasteiger partial charge is 0.253 e. The molecule has 3 heterocycles. The molecule has 1 aliphatic carbocycles. The minimum atomic E-state index is -0.731. The first-order valence-electron chi connectivity index (χ1n) is 13.0. The topological polar surface area (TPSA) is 65.9 Å². The molecule has 2 aliphatic heterocycles. The van der Waals surface area contributed by atoms with Gasteiger partial charge in [0.05, 0.1) is 17.3 Å². The largest absolute Gasteiger partial charge is 0.385 e. The number of aliphatic hydroxyl groups is 1. The zero-order valence-electron chi connectivity index (χ0n) is 20.3. The number of morpholine rings is 1. The van der Waals surface area contributed by atoms with Crippen molar-refractivity contribution >= 4 is 11.7 Å². The van der Waals surface area contributed by atoms with Crippen LogP contribution in [0.25, 0.3) is 0 Å². The van der Waals surface area contributed by atoms with Crippen molar-refractivity contribution in [2.45, 2.75) is 75.6 Å². The van der Waals surface area contributed by atoms with E-state index in [1.54, 1.807) is 0 Å². The van der Waals surface area contributed by atoms with E-state index in [1.165, 1.54) is 6.42 Å². The molecule has 1 amide bonds. The van der Waals surface area contributed by atoms with Gasteiger partial charge in [0.1, 0.15) is 5.82 Å². The van der Waals surface area contributed by atoms with Gasteiger partial charge < -0.3 is 19.6 Å². The molecule has 1 aromatic heterocycles. The Morgan fingerprint density at radius 3 is 2.44 bits per heavy atom. The summed E-state index contributed by atoms with van der Waals surface area (Å²) in [5.41, 5.74) is 0.675. The summed E-state index contributed by atoms with van der Waals surface area (Å²) in [6.45, 7) is 5.23. The van der Waals surface area contributed by atoms with Gasteiger partial charge >= 0.3 is 0 Å². The van der Waals surface area contributed by atoms with E-state index in [4.69, 9.17) is 4.74 Å². The van der Waals surface area contributed by atoms with Crippen molar-refractivity contribution < 1.29 is 14.6 Å². The highest BCUT2D eigenvalue weighted by atomic mass is 16.5. The van der Waals surface area contributed by atoms with E-state index in [-0.39, 0.29) is 17.6 Å². The SMILES string of the molecule is CCC1CN(c2ccccn2)CC2(CCN(C(=O)c3ccc(C4(O)CCCCC4)cc3)CC2)O1. The Bertz CT molecular complexity index is 964. The molecule has 1 unspecified atom stereocenters. The van der Waals surface area contributed by atoms with Gasteiger partial charge in [-0.25, -0.2) is 4.98 Å². The van der Waals surface area contributed by atoms with Crippen LogP contribution in [0.5, 0.6) is 0 Å². The van der Waals surface area contributed by atoms with Crippen molar-refractivity contribution in [2.75, 3.05) is 31.1 Å². The van der Waals surface area contributed by atoms with Gasteiger partial charge in [0.25, 0.3) is 5.91 Å². The molecule has 6 heteroatoms. The van der Waals surface area contributed by atoms with E-state index < -0.39 is 5.60 Å². The molecule has 6 nitrogen and oxygen atoms in total. The molecule has 0 radical (unpaired) electrons. The molecule has 5 rings (SSSR count). The molecule has 1 atom stereocenters. The van der Waals surface area contributed by atoms with Crippen LogP contribution in [-0.4, -0.2) is 58.8 Å². The third-order valence-corrected chi connectivity index (χ3v) is 8.06. The maximum absolute atomic E-state index is 13.2. The van der Waals surface area contributed by atoms with Crippen molar-refractivity contribution in [1.29, 1.82) is 0 Å². The molecule has 2 aromatic rings. The number of piperidine rings is 1. The number of hydrogen-bond donors (Lipinski definition) is 1. The summed E-state index contributed by atoms with van der Waals surface area (Å²) in [6, 6.07) is 13.7. The van der Waals surface area contributed by atoms with Crippen LogP contribution in [-0.2, 0) is 10.3 Å². The fraction of sp³-hybridized carbons (Fsp3) is 0.571. The summed E-state index contributed by atoms with van der Waals surface area (Å²) in [7, 11) is 0. The van der Waals surface area contributed by atoms with Crippen molar-refractivity contribution in [3.8, 4) is 0 Å². The van der Waals surface area contributed by atoms with Crippen LogP contribution in [0, 0.1) is 0 Å². The average molecular weight is 464 g/mol. The van der Waals surface area contributed by atoms with Crippen LogP contribution in [0.15, 0.2) is 48.7 Å². The quantitative estimate of drug-likeness (QED) is 0.722. The highest BCUT2D eigenvalue weighted by Gasteiger charge is 2.43. The van der Waals surface area contributed by atoms with E-state index in [2.05, 4.69) is 22.9 Å². The number of anilines is 1. The van der Waals surface area contributed by atoms with Crippen molar-refractivity contribution in [3.05, 3.63) is 59.8 Å². The fourth-order valence-corrected chi connectivity index (χ4v) is 5.94. The number of pyridine rings is 1. The molecular weight excluding hydrogens is 426 g/mol. The minimum Gasteiger partial charge on any atom is -0.385 e. The Morgan fingerprint density at radius 1 is 1.06 bits per heavy atom. The Morgan fingerprint density at radius 2 is 1.79 bits per heavy atom. The molecule has 3 fully saturated rings. The van der Waals surface area contributed by atoms with Crippen molar-refractivity contribution in [1.82, 2.24) is 9.88 Å². The molecule has 1 saturated carbocycles. The monoisotopic (exact) mass is 463 g/mol. The summed E-state index contributed by atoms with van der Waals surface area (Å²) < 4.78 is 6.61. The van der Waals surface area contributed by atoms with Crippen LogP contribution in [0.4, 0.5) is 5.82 Å². The predicted octanol–water partition coefficient (Wildman–Crippen LogP) is 4.52. The highest BCUT2D eigenvalue weighted by Crippen LogP contribution is 2.38. The van der Waals surface area contributed by atoms with Crippen molar-refractivity contribution in [3.63, 3.8) is 0 Å². The number of nitrogens with zero attached hydrogens (tertiary/aromatic N) is 3. The first-order chi connectivity index (χ1) is 16.5. The van der Waals surface area contributed by atoms with Crippen LogP contribution >= 0.6 is 0 Å². The first-order valence-corrected chi connectivity index (χ1v) is 13.0. The zero-order chi connectivity index (χ0) is 23.6. The molecule has 3 aliphatic rings. The molecule has 1 N–H and O–H groups in total. The van der Waals surface area contributed by atoms with E-state index in [0.717, 1.165) is 69.4 Å². The second-order valence-corrected chi connectivity index (χ2v) is 10.4. The second-order valence-electron chi connectivity index (χ2n) is 10.4. The maximum atomic E-state index is 13.2. The lowest BCUT2D eigenvalue weighted by Gasteiger charge is -2.50. The molecule has 2 saturated heterocycles. The molecule has 1 spiro atoms. The summed E-state index contributed by atoms with van der Waals surface area (Å²) >= 11 is 0. The summed E-state index contributed by atoms with van der Waals surface area (Å²) in [5.74, 6) is 1.07. The first kappa shape index (κ1) is 23.3. The number of likely N-dealkylation sites (tertiary alicyclic amines) is 1. The van der Waals surface area contributed by atoms with Gasteiger partial charge in [0.15, 0.2) is 0 Å². The lowest BCUT2D eigenvalue weighted by molar-refractivity contribution is -0.130. The third-order valence-electron chi connectivity index (χ3n) is 8.06. The number of benzene rings is 1. The summed E-state index contributed by atoms with van der Waals surface area (Å²) in [5, 5.41) is 11.0. The van der Waals surface area contributed by atoms with Gasteiger partial charge in [-0.3, -0.25) is 4.79 Å². The van der Waals surface area contributed by atoms with Gasteiger partial charge in [-0.2, -0.15) is 0 Å². The number of hydrogen-bond acceptors (Lipinski definition) is 5. The van der Waals surface area contributed by atoms with E-state index in [1.807, 2.05) is 47.5 Å². The Hall–Kier alpha value is -2.44. The summed E-state index contributed by atoms with van der Waals surface area (Å²) in [4.78, 5) is 22.1. The number of ether oxygens (including phenoxy) is 1. The van der Waals surface area contributed by atoms with Gasteiger partial charge in [0.2, 0.25) is 0 Å². The van der Waals surface area contributed by atoms with Crippen LogP contribution in [0.1, 0.15) is 74.2 Å². The number of amides is 1. The molecule has 0 bridgehead atoms. The van der Waals surface area contributed by atoms with Crippen LogP contribution < -0.4 is 4.90 Å². The molecule has 34 heavy (non-hydrogen) atoms. The van der Waals surface area contributed by atoms with E-state index >= 15 is 0 Å². The van der Waals surface area contributed by atoms with E-state index in [0.29, 0.717) is 18.7 Å². The number of carbonyl (C=O) groups excluding carboxylic acids is 1. The zero-order valence-corrected chi connectivity index (χ0v) is 20.3. The normalized spacial score (nSPS) is 24.2. The predicted molar refractivity (Wildman–Crippen MR) is 133 cm³/mol.